The van der Waals surface area contributed by atoms with E-state index in [-0.39, 0.29) is 12.3 Å². The van der Waals surface area contributed by atoms with Gasteiger partial charge in [0.25, 0.3) is 5.91 Å². The van der Waals surface area contributed by atoms with E-state index >= 15 is 0 Å². The zero-order valence-corrected chi connectivity index (χ0v) is 16.7. The molecule has 9 nitrogen and oxygen atoms in total. The molecule has 2 rings (SSSR count). The molecule has 3 N–H and O–H groups in total. The number of urea groups is 1. The first-order valence-electron chi connectivity index (χ1n) is 9.56. The van der Waals surface area contributed by atoms with Gasteiger partial charge in [0.2, 0.25) is 5.91 Å². The summed E-state index contributed by atoms with van der Waals surface area (Å²) in [6.07, 6.45) is 2.25. The molecule has 2 atom stereocenters. The molecule has 0 aromatic heterocycles. The standard InChI is InChI=1S/C20H27N3O6/c1-3-4-11-23-17(25)10-9-15(19(26)29-12-16(24)22-20(21)27)18(23)13-5-7-14(28-2)8-6-13/h5-8,15,18H,3-4,9-12H2,1-2H3,(H3,21,22,24,27)/t15-,18+/m1/s1. The van der Waals surface area contributed by atoms with E-state index in [0.717, 1.165) is 18.4 Å². The summed E-state index contributed by atoms with van der Waals surface area (Å²) in [5, 5.41) is 1.84. The zero-order valence-electron chi connectivity index (χ0n) is 16.7. The van der Waals surface area contributed by atoms with Gasteiger partial charge in [0.05, 0.1) is 19.1 Å². The fraction of sp³-hybridized carbons (Fsp3) is 0.500. The normalized spacial score (nSPS) is 18.8. The quantitative estimate of drug-likeness (QED) is 0.631. The lowest BCUT2D eigenvalue weighted by Crippen LogP contribution is -2.46. The van der Waals surface area contributed by atoms with Crippen LogP contribution < -0.4 is 15.8 Å². The molecule has 4 amide bonds. The molecule has 1 heterocycles. The van der Waals surface area contributed by atoms with Crippen LogP contribution in [-0.2, 0) is 19.1 Å². The number of ether oxygens (including phenoxy) is 2. The number of primary amides is 1. The Kier molecular flexibility index (Phi) is 7.99. The number of carbonyl (C=O) groups is 4. The summed E-state index contributed by atoms with van der Waals surface area (Å²) in [4.78, 5) is 49.3. The van der Waals surface area contributed by atoms with Gasteiger partial charge >= 0.3 is 12.0 Å². The first kappa shape index (κ1) is 22.2. The Morgan fingerprint density at radius 2 is 1.93 bits per heavy atom. The summed E-state index contributed by atoms with van der Waals surface area (Å²) in [5.74, 6) is -1.38. The third-order valence-electron chi connectivity index (χ3n) is 4.83. The molecule has 29 heavy (non-hydrogen) atoms. The molecule has 1 saturated heterocycles. The van der Waals surface area contributed by atoms with Gasteiger partial charge in [-0.05, 0) is 30.5 Å². The zero-order chi connectivity index (χ0) is 21.4. The van der Waals surface area contributed by atoms with Crippen molar-refractivity contribution in [2.45, 2.75) is 38.6 Å². The van der Waals surface area contributed by atoms with E-state index in [1.54, 1.807) is 24.1 Å². The summed E-state index contributed by atoms with van der Waals surface area (Å²) in [6.45, 7) is 1.94. The second-order valence-corrected chi connectivity index (χ2v) is 6.82. The van der Waals surface area contributed by atoms with Crippen molar-refractivity contribution >= 4 is 23.8 Å². The topological polar surface area (TPSA) is 128 Å². The van der Waals surface area contributed by atoms with Crippen LogP contribution in [0.1, 0.15) is 44.2 Å². The first-order chi connectivity index (χ1) is 13.9. The largest absolute Gasteiger partial charge is 0.497 e. The van der Waals surface area contributed by atoms with Crippen molar-refractivity contribution in [3.8, 4) is 5.75 Å². The molecule has 0 aliphatic carbocycles. The Hall–Kier alpha value is -3.10. The van der Waals surface area contributed by atoms with E-state index in [1.807, 2.05) is 24.4 Å². The predicted octanol–water partition coefficient (Wildman–Crippen LogP) is 1.51. The minimum atomic E-state index is -1.02. The number of nitrogens with one attached hydrogen (secondary N) is 1. The molecule has 1 aromatic rings. The monoisotopic (exact) mass is 405 g/mol. The van der Waals surface area contributed by atoms with Gasteiger partial charge in [0.15, 0.2) is 6.61 Å². The Morgan fingerprint density at radius 3 is 2.52 bits per heavy atom. The van der Waals surface area contributed by atoms with Gasteiger partial charge in [-0.1, -0.05) is 25.5 Å². The fourth-order valence-electron chi connectivity index (χ4n) is 3.42. The van der Waals surface area contributed by atoms with Crippen molar-refractivity contribution in [2.75, 3.05) is 20.3 Å². The lowest BCUT2D eigenvalue weighted by Gasteiger charge is -2.40. The average Bonchev–Trinajstić information content (AvgIpc) is 2.70. The van der Waals surface area contributed by atoms with Crippen molar-refractivity contribution in [3.05, 3.63) is 29.8 Å². The van der Waals surface area contributed by atoms with Crippen LogP contribution in [0, 0.1) is 5.92 Å². The maximum Gasteiger partial charge on any atom is 0.318 e. The van der Waals surface area contributed by atoms with Crippen LogP contribution in [0.4, 0.5) is 4.79 Å². The van der Waals surface area contributed by atoms with Crippen molar-refractivity contribution in [1.82, 2.24) is 10.2 Å². The summed E-state index contributed by atoms with van der Waals surface area (Å²) in [5.41, 5.74) is 5.67. The maximum atomic E-state index is 12.7. The highest BCUT2D eigenvalue weighted by molar-refractivity contribution is 5.95. The van der Waals surface area contributed by atoms with Crippen molar-refractivity contribution in [1.29, 1.82) is 0 Å². The third-order valence-corrected chi connectivity index (χ3v) is 4.83. The van der Waals surface area contributed by atoms with Gasteiger partial charge in [0, 0.05) is 13.0 Å². The lowest BCUT2D eigenvalue weighted by atomic mass is 9.84. The number of methoxy groups -OCH3 is 1. The van der Waals surface area contributed by atoms with Gasteiger partial charge < -0.3 is 20.1 Å². The summed E-state index contributed by atoms with van der Waals surface area (Å²) in [7, 11) is 1.56. The third kappa shape index (κ3) is 5.94. The fourth-order valence-corrected chi connectivity index (χ4v) is 3.42. The highest BCUT2D eigenvalue weighted by Gasteiger charge is 2.41. The van der Waals surface area contributed by atoms with E-state index < -0.39 is 36.5 Å². The number of imide groups is 1. The van der Waals surface area contributed by atoms with E-state index in [2.05, 4.69) is 0 Å². The number of benzene rings is 1. The molecule has 1 aliphatic heterocycles. The molecule has 0 saturated carbocycles. The minimum absolute atomic E-state index is 0.0187. The number of amides is 4. The predicted molar refractivity (Wildman–Crippen MR) is 104 cm³/mol. The molecule has 0 spiro atoms. The second-order valence-electron chi connectivity index (χ2n) is 6.82. The maximum absolute atomic E-state index is 12.7. The summed E-state index contributed by atoms with van der Waals surface area (Å²) in [6, 6.07) is 5.67. The van der Waals surface area contributed by atoms with E-state index in [4.69, 9.17) is 15.2 Å². The van der Waals surface area contributed by atoms with Gasteiger partial charge in [-0.15, -0.1) is 0 Å². The molecule has 1 aromatic carbocycles. The van der Waals surface area contributed by atoms with Crippen LogP contribution in [-0.4, -0.2) is 49.0 Å². The number of hydrogen-bond donors (Lipinski definition) is 2. The number of nitrogens with two attached hydrogens (primary N) is 1. The van der Waals surface area contributed by atoms with Gasteiger partial charge in [-0.25, -0.2) is 4.79 Å². The number of rotatable bonds is 8. The Morgan fingerprint density at radius 1 is 1.24 bits per heavy atom. The first-order valence-corrected chi connectivity index (χ1v) is 9.56. The Labute approximate surface area is 169 Å². The van der Waals surface area contributed by atoms with Crippen molar-refractivity contribution in [2.24, 2.45) is 11.7 Å². The summed E-state index contributed by atoms with van der Waals surface area (Å²) >= 11 is 0. The average molecular weight is 405 g/mol. The van der Waals surface area contributed by atoms with Crippen molar-refractivity contribution < 1.29 is 28.7 Å². The molecular formula is C20H27N3O6. The van der Waals surface area contributed by atoms with Crippen LogP contribution in [0.3, 0.4) is 0 Å². The van der Waals surface area contributed by atoms with E-state index in [0.29, 0.717) is 18.7 Å². The van der Waals surface area contributed by atoms with Crippen molar-refractivity contribution in [3.63, 3.8) is 0 Å². The highest BCUT2D eigenvalue weighted by atomic mass is 16.5. The number of hydrogen-bond acceptors (Lipinski definition) is 6. The van der Waals surface area contributed by atoms with Crippen LogP contribution in [0.15, 0.2) is 24.3 Å². The minimum Gasteiger partial charge on any atom is -0.497 e. The van der Waals surface area contributed by atoms with Crippen LogP contribution in [0.25, 0.3) is 0 Å². The molecule has 9 heteroatoms. The number of nitrogens with zero attached hydrogens (tertiary/aromatic N) is 1. The van der Waals surface area contributed by atoms with Gasteiger partial charge in [-0.3, -0.25) is 19.7 Å². The lowest BCUT2D eigenvalue weighted by molar-refractivity contribution is -0.159. The molecule has 0 unspecified atom stereocenters. The Balaban J connectivity index is 2.24. The molecule has 0 radical (unpaired) electrons. The van der Waals surface area contributed by atoms with Crippen LogP contribution in [0.2, 0.25) is 0 Å². The number of piperidine rings is 1. The number of likely N-dealkylation sites (tertiary alicyclic amines) is 1. The number of esters is 1. The van der Waals surface area contributed by atoms with E-state index in [1.165, 1.54) is 0 Å². The number of unbranched alkanes of at least 4 members (excludes halogenated alkanes) is 1. The Bertz CT molecular complexity index is 749. The highest BCUT2D eigenvalue weighted by Crippen LogP contribution is 2.38. The van der Waals surface area contributed by atoms with Gasteiger partial charge in [0.1, 0.15) is 5.75 Å². The molecule has 1 fully saturated rings. The van der Waals surface area contributed by atoms with Crippen LogP contribution >= 0.6 is 0 Å². The molecule has 1 aliphatic rings. The second kappa shape index (κ2) is 10.4. The van der Waals surface area contributed by atoms with Gasteiger partial charge in [-0.2, -0.15) is 0 Å². The molecule has 158 valence electrons. The molecule has 0 bridgehead atoms. The van der Waals surface area contributed by atoms with Crippen LogP contribution in [0.5, 0.6) is 5.75 Å². The number of carbonyl (C=O) groups excluding carboxylic acids is 4. The SMILES string of the molecule is CCCCN1C(=O)CC[C@@H](C(=O)OCC(=O)NC(N)=O)[C@@H]1c1ccc(OC)cc1. The smallest absolute Gasteiger partial charge is 0.318 e. The summed E-state index contributed by atoms with van der Waals surface area (Å²) < 4.78 is 10.3. The van der Waals surface area contributed by atoms with E-state index in [9.17, 15) is 19.2 Å². The molecular weight excluding hydrogens is 378 g/mol.